The predicted molar refractivity (Wildman–Crippen MR) is 79.2 cm³/mol. The molecule has 1 aromatic rings. The van der Waals surface area contributed by atoms with Crippen LogP contribution in [0.3, 0.4) is 0 Å². The summed E-state index contributed by atoms with van der Waals surface area (Å²) in [5, 5.41) is 0. The summed E-state index contributed by atoms with van der Waals surface area (Å²) < 4.78 is 5.49. The average Bonchev–Trinajstić information content (AvgIpc) is 2.51. The predicted octanol–water partition coefficient (Wildman–Crippen LogP) is 2.20. The van der Waals surface area contributed by atoms with Crippen molar-refractivity contribution in [1.29, 1.82) is 0 Å². The molecule has 4 nitrogen and oxygen atoms in total. The van der Waals surface area contributed by atoms with E-state index in [-0.39, 0.29) is 17.9 Å². The van der Waals surface area contributed by atoms with Crippen molar-refractivity contribution in [2.24, 2.45) is 5.73 Å². The molecule has 108 valence electrons. The van der Waals surface area contributed by atoms with E-state index in [1.54, 1.807) is 4.90 Å². The number of anilines is 1. The van der Waals surface area contributed by atoms with Crippen molar-refractivity contribution in [2.75, 3.05) is 25.1 Å². The van der Waals surface area contributed by atoms with E-state index in [0.717, 1.165) is 24.3 Å². The molecule has 1 aliphatic carbocycles. The zero-order valence-corrected chi connectivity index (χ0v) is 12.0. The van der Waals surface area contributed by atoms with E-state index >= 15 is 0 Å². The number of rotatable bonds is 2. The fraction of sp³-hybridized carbons (Fsp3) is 0.562. The fourth-order valence-corrected chi connectivity index (χ4v) is 3.44. The number of amides is 1. The lowest BCUT2D eigenvalue weighted by Crippen LogP contribution is -2.38. The van der Waals surface area contributed by atoms with Gasteiger partial charge in [0.25, 0.3) is 5.91 Å². The van der Waals surface area contributed by atoms with Crippen LogP contribution >= 0.6 is 0 Å². The van der Waals surface area contributed by atoms with E-state index in [0.29, 0.717) is 6.54 Å². The van der Waals surface area contributed by atoms with Gasteiger partial charge in [0.2, 0.25) is 0 Å². The summed E-state index contributed by atoms with van der Waals surface area (Å²) in [5.74, 6) is 0.791. The fourth-order valence-electron chi connectivity index (χ4n) is 3.44. The Morgan fingerprint density at radius 1 is 1.30 bits per heavy atom. The van der Waals surface area contributed by atoms with Crippen LogP contribution in [0.25, 0.3) is 0 Å². The molecule has 1 fully saturated rings. The molecule has 1 aromatic carbocycles. The third kappa shape index (κ3) is 2.08. The number of likely N-dealkylation sites (N-methyl/N-ethyl adjacent to an activating group) is 1. The number of hydrogen-bond acceptors (Lipinski definition) is 3. The highest BCUT2D eigenvalue weighted by molar-refractivity contribution is 5.97. The summed E-state index contributed by atoms with van der Waals surface area (Å²) in [7, 11) is 1.81. The molecule has 0 aromatic heterocycles. The Bertz CT molecular complexity index is 521. The molecule has 0 radical (unpaired) electrons. The lowest BCUT2D eigenvalue weighted by atomic mass is 9.69. The molecule has 4 heteroatoms. The number of nitrogens with two attached hydrogens (primary N) is 1. The normalized spacial score (nSPS) is 21.3. The van der Waals surface area contributed by atoms with Gasteiger partial charge in [-0.2, -0.15) is 0 Å². The Morgan fingerprint density at radius 2 is 2.05 bits per heavy atom. The van der Waals surface area contributed by atoms with Crippen LogP contribution in [0.5, 0.6) is 5.75 Å². The van der Waals surface area contributed by atoms with Gasteiger partial charge in [0, 0.05) is 19.0 Å². The lowest BCUT2D eigenvalue weighted by molar-refractivity contribution is -0.120. The molecule has 2 N–H and O–H groups in total. The highest BCUT2D eigenvalue weighted by atomic mass is 16.5. The van der Waals surface area contributed by atoms with E-state index < -0.39 is 0 Å². The number of carbonyl (C=O) groups excluding carboxylic acids is 1. The number of benzene rings is 1. The molecule has 0 unspecified atom stereocenters. The second-order valence-corrected chi connectivity index (χ2v) is 5.97. The highest BCUT2D eigenvalue weighted by Gasteiger charge is 2.34. The molecule has 1 heterocycles. The third-order valence-electron chi connectivity index (χ3n) is 4.86. The molecular weight excluding hydrogens is 252 g/mol. The first-order chi connectivity index (χ1) is 9.66. The first-order valence-corrected chi connectivity index (χ1v) is 7.40. The molecular formula is C16H22N2O2. The monoisotopic (exact) mass is 274 g/mol. The van der Waals surface area contributed by atoms with E-state index in [1.807, 2.05) is 13.1 Å². The van der Waals surface area contributed by atoms with Gasteiger partial charge in [-0.25, -0.2) is 0 Å². The maximum Gasteiger partial charge on any atom is 0.264 e. The Morgan fingerprint density at radius 3 is 2.75 bits per heavy atom. The van der Waals surface area contributed by atoms with Crippen molar-refractivity contribution >= 4 is 11.6 Å². The number of carbonyl (C=O) groups is 1. The SMILES string of the molecule is CN1C(=O)COc2ccc(C3(CN)CCCCC3)cc21. The summed E-state index contributed by atoms with van der Waals surface area (Å²) in [6.45, 7) is 0.801. The molecule has 20 heavy (non-hydrogen) atoms. The van der Waals surface area contributed by atoms with Gasteiger partial charge in [0.15, 0.2) is 6.61 Å². The van der Waals surface area contributed by atoms with E-state index in [2.05, 4.69) is 12.1 Å². The van der Waals surface area contributed by atoms with Crippen molar-refractivity contribution in [3.8, 4) is 5.75 Å². The molecule has 3 rings (SSSR count). The van der Waals surface area contributed by atoms with Crippen molar-refractivity contribution in [1.82, 2.24) is 0 Å². The van der Waals surface area contributed by atoms with Crippen LogP contribution in [0, 0.1) is 0 Å². The molecule has 2 aliphatic rings. The van der Waals surface area contributed by atoms with Gasteiger partial charge in [-0.05, 0) is 30.5 Å². The van der Waals surface area contributed by atoms with E-state index in [1.165, 1.54) is 24.8 Å². The maximum absolute atomic E-state index is 11.8. The van der Waals surface area contributed by atoms with Crippen molar-refractivity contribution in [2.45, 2.75) is 37.5 Å². The van der Waals surface area contributed by atoms with Crippen LogP contribution in [-0.4, -0.2) is 26.1 Å². The van der Waals surface area contributed by atoms with Crippen LogP contribution < -0.4 is 15.4 Å². The highest BCUT2D eigenvalue weighted by Crippen LogP contribution is 2.42. The second-order valence-electron chi connectivity index (χ2n) is 5.97. The molecule has 0 spiro atoms. The van der Waals surface area contributed by atoms with E-state index in [9.17, 15) is 4.79 Å². The van der Waals surface area contributed by atoms with Gasteiger partial charge in [-0.1, -0.05) is 25.3 Å². The summed E-state index contributed by atoms with van der Waals surface area (Å²) in [6.07, 6.45) is 6.05. The van der Waals surface area contributed by atoms with Crippen LogP contribution in [0.1, 0.15) is 37.7 Å². The average molecular weight is 274 g/mol. The standard InChI is InChI=1S/C16H22N2O2/c1-18-13-9-12(5-6-14(13)20-10-15(18)19)16(11-17)7-3-2-4-8-16/h5-6,9H,2-4,7-8,10-11,17H2,1H3. The van der Waals surface area contributed by atoms with Crippen LogP contribution in [0.2, 0.25) is 0 Å². The quantitative estimate of drug-likeness (QED) is 0.899. The van der Waals surface area contributed by atoms with E-state index in [4.69, 9.17) is 10.5 Å². The number of nitrogens with zero attached hydrogens (tertiary/aromatic N) is 1. The summed E-state index contributed by atoms with van der Waals surface area (Å²) in [4.78, 5) is 13.5. The minimum atomic E-state index is 0.0000858. The smallest absolute Gasteiger partial charge is 0.264 e. The second kappa shape index (κ2) is 5.09. The first kappa shape index (κ1) is 13.4. The van der Waals surface area contributed by atoms with Crippen LogP contribution in [0.4, 0.5) is 5.69 Å². The number of ether oxygens (including phenoxy) is 1. The zero-order chi connectivity index (χ0) is 14.2. The summed E-state index contributed by atoms with van der Waals surface area (Å²) >= 11 is 0. The third-order valence-corrected chi connectivity index (χ3v) is 4.86. The van der Waals surface area contributed by atoms with Crippen molar-refractivity contribution in [3.63, 3.8) is 0 Å². The Balaban J connectivity index is 2.00. The Hall–Kier alpha value is -1.55. The van der Waals surface area contributed by atoms with Crippen molar-refractivity contribution in [3.05, 3.63) is 23.8 Å². The molecule has 1 amide bonds. The van der Waals surface area contributed by atoms with Gasteiger partial charge < -0.3 is 15.4 Å². The Kier molecular flexibility index (Phi) is 3.42. The van der Waals surface area contributed by atoms with Crippen LogP contribution in [-0.2, 0) is 10.2 Å². The maximum atomic E-state index is 11.8. The number of fused-ring (bicyclic) bond motifs is 1. The number of hydrogen-bond donors (Lipinski definition) is 1. The van der Waals surface area contributed by atoms with Gasteiger partial charge in [0.05, 0.1) is 5.69 Å². The minimum Gasteiger partial charge on any atom is -0.482 e. The zero-order valence-electron chi connectivity index (χ0n) is 12.0. The molecule has 0 atom stereocenters. The largest absolute Gasteiger partial charge is 0.482 e. The van der Waals surface area contributed by atoms with Crippen molar-refractivity contribution < 1.29 is 9.53 Å². The molecule has 1 aliphatic heterocycles. The molecule has 1 saturated carbocycles. The lowest BCUT2D eigenvalue weighted by Gasteiger charge is -2.38. The Labute approximate surface area is 119 Å². The minimum absolute atomic E-state index is 0.0000858. The summed E-state index contributed by atoms with van der Waals surface area (Å²) in [6, 6.07) is 6.21. The molecule has 0 saturated heterocycles. The molecule has 0 bridgehead atoms. The van der Waals surface area contributed by atoms with Gasteiger partial charge >= 0.3 is 0 Å². The van der Waals surface area contributed by atoms with Gasteiger partial charge in [-0.15, -0.1) is 0 Å². The first-order valence-electron chi connectivity index (χ1n) is 7.40. The van der Waals surface area contributed by atoms with Crippen LogP contribution in [0.15, 0.2) is 18.2 Å². The topological polar surface area (TPSA) is 55.6 Å². The summed E-state index contributed by atoms with van der Waals surface area (Å²) in [5.41, 5.74) is 8.30. The van der Waals surface area contributed by atoms with Gasteiger partial charge in [0.1, 0.15) is 5.75 Å². The van der Waals surface area contributed by atoms with Gasteiger partial charge in [-0.3, -0.25) is 4.79 Å².